The van der Waals surface area contributed by atoms with Crippen LogP contribution in [0.25, 0.3) is 0 Å². The van der Waals surface area contributed by atoms with Crippen molar-refractivity contribution < 1.29 is 19.5 Å². The van der Waals surface area contributed by atoms with Crippen LogP contribution in [0.1, 0.15) is 19.8 Å². The molecular formula is C16H17NO4. The van der Waals surface area contributed by atoms with Gasteiger partial charge in [0, 0.05) is 0 Å². The molecule has 0 aromatic heterocycles. The first-order valence-corrected chi connectivity index (χ1v) is 7.18. The van der Waals surface area contributed by atoms with Gasteiger partial charge in [0.2, 0.25) is 11.8 Å². The van der Waals surface area contributed by atoms with Crippen LogP contribution in [0.4, 0.5) is 5.69 Å². The van der Waals surface area contributed by atoms with E-state index in [-0.39, 0.29) is 17.7 Å². The highest BCUT2D eigenvalue weighted by Crippen LogP contribution is 2.46. The summed E-state index contributed by atoms with van der Waals surface area (Å²) in [5.41, 5.74) is 0.526. The van der Waals surface area contributed by atoms with Crippen molar-refractivity contribution in [1.82, 2.24) is 0 Å². The number of hydrogen-bond donors (Lipinski definition) is 1. The molecule has 1 N–H and O–H groups in total. The third-order valence-electron chi connectivity index (χ3n) is 4.71. The summed E-state index contributed by atoms with van der Waals surface area (Å²) in [5, 5.41) is 9.35. The maximum atomic E-state index is 12.7. The van der Waals surface area contributed by atoms with Crippen molar-refractivity contribution in [2.45, 2.75) is 19.8 Å². The van der Waals surface area contributed by atoms with Crippen LogP contribution >= 0.6 is 0 Å². The summed E-state index contributed by atoms with van der Waals surface area (Å²) in [5.74, 6) is -3.55. The average molecular weight is 287 g/mol. The number of imide groups is 1. The molecule has 0 spiro atoms. The lowest BCUT2D eigenvalue weighted by atomic mass is 9.68. The zero-order valence-electron chi connectivity index (χ0n) is 11.7. The second kappa shape index (κ2) is 4.98. The Morgan fingerprint density at radius 3 is 2.33 bits per heavy atom. The molecule has 0 radical (unpaired) electrons. The van der Waals surface area contributed by atoms with Crippen LogP contribution in [0.15, 0.2) is 30.3 Å². The van der Waals surface area contributed by atoms with Gasteiger partial charge in [0.05, 0.1) is 23.4 Å². The van der Waals surface area contributed by atoms with Gasteiger partial charge in [0.25, 0.3) is 0 Å². The molecule has 2 aliphatic rings. The predicted octanol–water partition coefficient (Wildman–Crippen LogP) is 1.92. The van der Waals surface area contributed by atoms with Crippen molar-refractivity contribution in [3.8, 4) is 0 Å². The highest BCUT2D eigenvalue weighted by Gasteiger charge is 2.56. The standard InChI is InChI=1S/C16H17NO4/c1-9-7-8-11(16(20)21)13-12(9)14(18)17(15(13)19)10-5-3-2-4-6-10/h2-6,9,11-13H,7-8H2,1H3,(H,20,21)/t9-,11+,12+,13+/m1/s1. The topological polar surface area (TPSA) is 74.7 Å². The fraction of sp³-hybridized carbons (Fsp3) is 0.438. The maximum absolute atomic E-state index is 12.7. The van der Waals surface area contributed by atoms with Gasteiger partial charge in [-0.15, -0.1) is 0 Å². The first-order valence-electron chi connectivity index (χ1n) is 7.18. The van der Waals surface area contributed by atoms with Gasteiger partial charge in [-0.3, -0.25) is 19.3 Å². The van der Waals surface area contributed by atoms with E-state index in [4.69, 9.17) is 0 Å². The number of carboxylic acids is 1. The lowest BCUT2D eigenvalue weighted by Crippen LogP contribution is -2.39. The second-order valence-electron chi connectivity index (χ2n) is 5.90. The first kappa shape index (κ1) is 13.8. The van der Waals surface area contributed by atoms with Crippen LogP contribution in [0.2, 0.25) is 0 Å². The van der Waals surface area contributed by atoms with Crippen LogP contribution in [0, 0.1) is 23.7 Å². The number of hydrogen-bond acceptors (Lipinski definition) is 3. The lowest BCUT2D eigenvalue weighted by molar-refractivity contribution is -0.149. The maximum Gasteiger partial charge on any atom is 0.307 e. The Labute approximate surface area is 122 Å². The summed E-state index contributed by atoms with van der Waals surface area (Å²) in [4.78, 5) is 37.9. The molecule has 1 heterocycles. The van der Waals surface area contributed by atoms with E-state index < -0.39 is 23.7 Å². The Morgan fingerprint density at radius 1 is 1.10 bits per heavy atom. The van der Waals surface area contributed by atoms with E-state index in [1.54, 1.807) is 24.3 Å². The smallest absolute Gasteiger partial charge is 0.307 e. The molecule has 21 heavy (non-hydrogen) atoms. The number of carboxylic acid groups (broad SMARTS) is 1. The van der Waals surface area contributed by atoms with Crippen molar-refractivity contribution in [3.05, 3.63) is 30.3 Å². The SMILES string of the molecule is C[C@@H]1CC[C@H](C(=O)O)[C@@H]2C(=O)N(c3ccccc3)C(=O)[C@H]21. The Balaban J connectivity index is 2.02. The highest BCUT2D eigenvalue weighted by atomic mass is 16.4. The molecule has 3 rings (SSSR count). The fourth-order valence-corrected chi connectivity index (χ4v) is 3.64. The fourth-order valence-electron chi connectivity index (χ4n) is 3.64. The van der Waals surface area contributed by atoms with Crippen LogP contribution in [0.3, 0.4) is 0 Å². The highest BCUT2D eigenvalue weighted by molar-refractivity contribution is 6.22. The lowest BCUT2D eigenvalue weighted by Gasteiger charge is -2.32. The normalized spacial score (nSPS) is 32.1. The summed E-state index contributed by atoms with van der Waals surface area (Å²) in [7, 11) is 0. The minimum absolute atomic E-state index is 0.0377. The second-order valence-corrected chi connectivity index (χ2v) is 5.90. The molecule has 110 valence electrons. The number of para-hydroxylation sites is 1. The van der Waals surface area contributed by atoms with E-state index in [0.717, 1.165) is 0 Å². The molecule has 1 aromatic rings. The molecule has 2 fully saturated rings. The number of nitrogens with zero attached hydrogens (tertiary/aromatic N) is 1. The van der Waals surface area contributed by atoms with E-state index in [0.29, 0.717) is 18.5 Å². The minimum Gasteiger partial charge on any atom is -0.481 e. The number of rotatable bonds is 2. The number of benzene rings is 1. The number of anilines is 1. The van der Waals surface area contributed by atoms with Gasteiger partial charge in [0.15, 0.2) is 0 Å². The average Bonchev–Trinajstić information content (AvgIpc) is 2.73. The van der Waals surface area contributed by atoms with Crippen LogP contribution in [0.5, 0.6) is 0 Å². The zero-order chi connectivity index (χ0) is 15.1. The Morgan fingerprint density at radius 2 is 1.71 bits per heavy atom. The molecule has 4 atom stereocenters. The number of amides is 2. The van der Waals surface area contributed by atoms with Gasteiger partial charge in [0.1, 0.15) is 0 Å². The number of fused-ring (bicyclic) bond motifs is 1. The van der Waals surface area contributed by atoms with Crippen molar-refractivity contribution >= 4 is 23.5 Å². The summed E-state index contributed by atoms with van der Waals surface area (Å²) < 4.78 is 0. The number of carbonyl (C=O) groups is 3. The third kappa shape index (κ3) is 2.04. The van der Waals surface area contributed by atoms with Gasteiger partial charge >= 0.3 is 5.97 Å². The molecule has 1 aromatic carbocycles. The molecule has 1 saturated heterocycles. The van der Waals surface area contributed by atoms with Gasteiger partial charge in [-0.2, -0.15) is 0 Å². The zero-order valence-corrected chi connectivity index (χ0v) is 11.7. The molecule has 1 aliphatic heterocycles. The largest absolute Gasteiger partial charge is 0.481 e. The van der Waals surface area contributed by atoms with Gasteiger partial charge in [-0.05, 0) is 30.9 Å². The summed E-state index contributed by atoms with van der Waals surface area (Å²) >= 11 is 0. The molecule has 0 bridgehead atoms. The monoisotopic (exact) mass is 287 g/mol. The Hall–Kier alpha value is -2.17. The number of carbonyl (C=O) groups excluding carboxylic acids is 2. The van der Waals surface area contributed by atoms with Crippen LogP contribution < -0.4 is 4.90 Å². The molecule has 5 heteroatoms. The Bertz CT molecular complexity index is 598. The Kier molecular flexibility index (Phi) is 3.27. The minimum atomic E-state index is -0.979. The molecule has 1 aliphatic carbocycles. The summed E-state index contributed by atoms with van der Waals surface area (Å²) in [6, 6.07) is 8.73. The van der Waals surface area contributed by atoms with E-state index in [2.05, 4.69) is 0 Å². The van der Waals surface area contributed by atoms with Gasteiger partial charge in [-0.1, -0.05) is 25.1 Å². The van der Waals surface area contributed by atoms with Crippen molar-refractivity contribution in [2.75, 3.05) is 4.90 Å². The van der Waals surface area contributed by atoms with E-state index in [1.165, 1.54) is 4.90 Å². The molecule has 2 amide bonds. The predicted molar refractivity (Wildman–Crippen MR) is 75.4 cm³/mol. The van der Waals surface area contributed by atoms with Crippen LogP contribution in [-0.4, -0.2) is 22.9 Å². The molecular weight excluding hydrogens is 270 g/mol. The van der Waals surface area contributed by atoms with E-state index in [9.17, 15) is 19.5 Å². The van der Waals surface area contributed by atoms with Crippen molar-refractivity contribution in [1.29, 1.82) is 0 Å². The summed E-state index contributed by atoms with van der Waals surface area (Å²) in [6.07, 6.45) is 1.12. The van der Waals surface area contributed by atoms with Gasteiger partial charge < -0.3 is 5.11 Å². The first-order chi connectivity index (χ1) is 10.0. The molecule has 5 nitrogen and oxygen atoms in total. The van der Waals surface area contributed by atoms with Gasteiger partial charge in [-0.25, -0.2) is 0 Å². The van der Waals surface area contributed by atoms with E-state index in [1.807, 2.05) is 13.0 Å². The van der Waals surface area contributed by atoms with E-state index >= 15 is 0 Å². The quantitative estimate of drug-likeness (QED) is 0.843. The van der Waals surface area contributed by atoms with Crippen molar-refractivity contribution in [3.63, 3.8) is 0 Å². The van der Waals surface area contributed by atoms with Crippen LogP contribution in [-0.2, 0) is 14.4 Å². The molecule has 1 saturated carbocycles. The summed E-state index contributed by atoms with van der Waals surface area (Å²) in [6.45, 7) is 1.93. The number of aliphatic carboxylic acids is 1. The van der Waals surface area contributed by atoms with Crippen molar-refractivity contribution in [2.24, 2.45) is 23.7 Å². The molecule has 0 unspecified atom stereocenters. The third-order valence-corrected chi connectivity index (χ3v) is 4.71.